The third kappa shape index (κ3) is 4.09. The lowest BCUT2D eigenvalue weighted by molar-refractivity contribution is 0.0305. The first-order chi connectivity index (χ1) is 10.8. The Balaban J connectivity index is 2.17. The second-order valence-electron chi connectivity index (χ2n) is 7.96. The maximum Gasteiger partial charge on any atom is 0.0886 e. The van der Waals surface area contributed by atoms with Crippen LogP contribution in [0.15, 0.2) is 34.6 Å². The van der Waals surface area contributed by atoms with Crippen LogP contribution in [0.4, 0.5) is 0 Å². The van der Waals surface area contributed by atoms with Gasteiger partial charge in [0.1, 0.15) is 0 Å². The van der Waals surface area contributed by atoms with Crippen molar-refractivity contribution in [3.63, 3.8) is 0 Å². The van der Waals surface area contributed by atoms with Crippen molar-refractivity contribution in [1.82, 2.24) is 0 Å². The molecule has 2 aliphatic carbocycles. The van der Waals surface area contributed by atoms with Crippen molar-refractivity contribution in [2.45, 2.75) is 72.8 Å². The molecule has 0 amide bonds. The standard InChI is InChI=1S/C21H34O2/c1-13(2)7-6-8-14(3)17-11-12-18(16(5)22)19-10-9-15(4)20(19)21(17)23/h7,9,14,17,19-23H,6,8,10-12H2,1-5H3/t14-,17+,19+,20-,21-/m1/s1. The van der Waals surface area contributed by atoms with Crippen molar-refractivity contribution in [1.29, 1.82) is 0 Å². The first-order valence-electron chi connectivity index (χ1n) is 9.19. The summed E-state index contributed by atoms with van der Waals surface area (Å²) < 4.78 is 0. The molecular weight excluding hydrogens is 284 g/mol. The topological polar surface area (TPSA) is 40.5 Å². The predicted molar refractivity (Wildman–Crippen MR) is 97.2 cm³/mol. The van der Waals surface area contributed by atoms with E-state index in [1.54, 1.807) is 0 Å². The summed E-state index contributed by atoms with van der Waals surface area (Å²) in [6.07, 6.45) is 9.40. The monoisotopic (exact) mass is 318 g/mol. The number of rotatable bonds is 4. The summed E-state index contributed by atoms with van der Waals surface area (Å²) in [5.41, 5.74) is 3.86. The van der Waals surface area contributed by atoms with Crippen molar-refractivity contribution >= 4 is 0 Å². The molecule has 0 heterocycles. The van der Waals surface area contributed by atoms with E-state index in [1.165, 1.54) is 16.7 Å². The smallest absolute Gasteiger partial charge is 0.0886 e. The van der Waals surface area contributed by atoms with Gasteiger partial charge in [0.05, 0.1) is 11.9 Å². The van der Waals surface area contributed by atoms with Gasteiger partial charge in [-0.15, -0.1) is 0 Å². The van der Waals surface area contributed by atoms with Crippen molar-refractivity contribution in [3.05, 3.63) is 34.6 Å². The van der Waals surface area contributed by atoms with Crippen LogP contribution in [-0.2, 0) is 0 Å². The first kappa shape index (κ1) is 18.3. The third-order valence-electron chi connectivity index (χ3n) is 6.02. The van der Waals surface area contributed by atoms with Gasteiger partial charge < -0.3 is 10.2 Å². The summed E-state index contributed by atoms with van der Waals surface area (Å²) >= 11 is 0. The van der Waals surface area contributed by atoms with Gasteiger partial charge in [-0.2, -0.15) is 0 Å². The number of aliphatic hydroxyl groups excluding tert-OH is 2. The molecule has 2 rings (SSSR count). The Hall–Kier alpha value is -1.02. The SMILES string of the molecule is CC(C)=CCC[C@@H](C)[C@@H]1CCC(=C(C)O)[C@@H]2CC=C(C)[C@H]2[C@@H]1O. The van der Waals surface area contributed by atoms with Crippen LogP contribution in [0.1, 0.15) is 66.7 Å². The molecule has 0 aliphatic heterocycles. The Morgan fingerprint density at radius 3 is 2.65 bits per heavy atom. The third-order valence-corrected chi connectivity index (χ3v) is 6.02. The Bertz CT molecular complexity index is 504. The van der Waals surface area contributed by atoms with Crippen molar-refractivity contribution in [3.8, 4) is 0 Å². The molecule has 23 heavy (non-hydrogen) atoms. The molecule has 0 aromatic rings. The molecule has 0 aromatic heterocycles. The van der Waals surface area contributed by atoms with Gasteiger partial charge >= 0.3 is 0 Å². The number of fused-ring (bicyclic) bond motifs is 1. The van der Waals surface area contributed by atoms with E-state index in [4.69, 9.17) is 0 Å². The first-order valence-corrected chi connectivity index (χ1v) is 9.19. The van der Waals surface area contributed by atoms with Crippen LogP contribution in [0.3, 0.4) is 0 Å². The fourth-order valence-electron chi connectivity index (χ4n) is 4.64. The minimum Gasteiger partial charge on any atom is -0.513 e. The fourth-order valence-corrected chi connectivity index (χ4v) is 4.64. The number of aliphatic hydroxyl groups is 2. The van der Waals surface area contributed by atoms with Crippen molar-refractivity contribution in [2.24, 2.45) is 23.7 Å². The minimum absolute atomic E-state index is 0.200. The molecule has 0 aromatic carbocycles. The zero-order chi connectivity index (χ0) is 17.1. The molecule has 1 saturated carbocycles. The van der Waals surface area contributed by atoms with E-state index < -0.39 is 0 Å². The quantitative estimate of drug-likeness (QED) is 0.526. The highest BCUT2D eigenvalue weighted by Gasteiger charge is 2.43. The van der Waals surface area contributed by atoms with Gasteiger partial charge in [0, 0.05) is 5.92 Å². The molecule has 2 nitrogen and oxygen atoms in total. The lowest BCUT2D eigenvalue weighted by atomic mass is 9.76. The molecule has 0 spiro atoms. The molecule has 2 heteroatoms. The summed E-state index contributed by atoms with van der Waals surface area (Å²) in [7, 11) is 0. The second kappa shape index (κ2) is 7.70. The number of hydrogen-bond donors (Lipinski definition) is 2. The van der Waals surface area contributed by atoms with Crippen molar-refractivity contribution in [2.75, 3.05) is 0 Å². The normalized spacial score (nSPS) is 34.3. The summed E-state index contributed by atoms with van der Waals surface area (Å²) in [5, 5.41) is 21.2. The van der Waals surface area contributed by atoms with Gasteiger partial charge in [0.2, 0.25) is 0 Å². The summed E-state index contributed by atoms with van der Waals surface area (Å²) in [5.74, 6) is 1.82. The van der Waals surface area contributed by atoms with Crippen LogP contribution in [-0.4, -0.2) is 16.3 Å². The molecular formula is C21H34O2. The van der Waals surface area contributed by atoms with E-state index in [2.05, 4.69) is 39.8 Å². The largest absolute Gasteiger partial charge is 0.513 e. The van der Waals surface area contributed by atoms with Gasteiger partial charge in [-0.1, -0.05) is 30.2 Å². The Labute approximate surface area is 142 Å². The highest BCUT2D eigenvalue weighted by atomic mass is 16.3. The molecule has 0 saturated heterocycles. The van der Waals surface area contributed by atoms with E-state index in [0.717, 1.165) is 32.1 Å². The Kier molecular flexibility index (Phi) is 6.13. The minimum atomic E-state index is -0.280. The lowest BCUT2D eigenvalue weighted by Crippen LogP contribution is -2.34. The molecule has 1 fully saturated rings. The molecule has 5 atom stereocenters. The van der Waals surface area contributed by atoms with Crippen LogP contribution in [0.2, 0.25) is 0 Å². The maximum atomic E-state index is 11.1. The van der Waals surface area contributed by atoms with E-state index in [-0.39, 0.29) is 12.0 Å². The average molecular weight is 319 g/mol. The van der Waals surface area contributed by atoms with Crippen LogP contribution in [0, 0.1) is 23.7 Å². The Morgan fingerprint density at radius 2 is 2.04 bits per heavy atom. The zero-order valence-electron chi connectivity index (χ0n) is 15.5. The average Bonchev–Trinajstić information content (AvgIpc) is 2.75. The Morgan fingerprint density at radius 1 is 1.35 bits per heavy atom. The molecule has 2 aliphatic rings. The predicted octanol–water partition coefficient (Wildman–Crippen LogP) is 5.55. The van der Waals surface area contributed by atoms with Crippen LogP contribution < -0.4 is 0 Å². The second-order valence-corrected chi connectivity index (χ2v) is 7.96. The van der Waals surface area contributed by atoms with Gasteiger partial charge in [-0.05, 0) is 83.1 Å². The van der Waals surface area contributed by atoms with Crippen LogP contribution in [0.5, 0.6) is 0 Å². The van der Waals surface area contributed by atoms with Gasteiger partial charge in [0.15, 0.2) is 0 Å². The highest BCUT2D eigenvalue weighted by Crippen LogP contribution is 2.48. The van der Waals surface area contributed by atoms with E-state index in [0.29, 0.717) is 23.5 Å². The van der Waals surface area contributed by atoms with E-state index >= 15 is 0 Å². The molecule has 0 bridgehead atoms. The lowest BCUT2D eigenvalue weighted by Gasteiger charge is -2.32. The highest BCUT2D eigenvalue weighted by molar-refractivity contribution is 5.27. The summed E-state index contributed by atoms with van der Waals surface area (Å²) in [4.78, 5) is 0. The van der Waals surface area contributed by atoms with E-state index in [1.807, 2.05) is 6.92 Å². The molecule has 130 valence electrons. The van der Waals surface area contributed by atoms with Gasteiger partial charge in [-0.25, -0.2) is 0 Å². The van der Waals surface area contributed by atoms with Gasteiger partial charge in [0.25, 0.3) is 0 Å². The zero-order valence-corrected chi connectivity index (χ0v) is 15.5. The number of allylic oxidation sites excluding steroid dienone is 5. The number of hydrogen-bond acceptors (Lipinski definition) is 2. The van der Waals surface area contributed by atoms with Crippen LogP contribution in [0.25, 0.3) is 0 Å². The summed E-state index contributed by atoms with van der Waals surface area (Å²) in [6.45, 7) is 10.5. The molecule has 2 N–H and O–H groups in total. The fraction of sp³-hybridized carbons (Fsp3) is 0.714. The van der Waals surface area contributed by atoms with E-state index in [9.17, 15) is 10.2 Å². The van der Waals surface area contributed by atoms with Crippen molar-refractivity contribution < 1.29 is 10.2 Å². The maximum absolute atomic E-state index is 11.1. The molecule has 0 radical (unpaired) electrons. The van der Waals surface area contributed by atoms with Gasteiger partial charge in [-0.3, -0.25) is 0 Å². The molecule has 0 unspecified atom stereocenters. The van der Waals surface area contributed by atoms with Crippen LogP contribution >= 0.6 is 0 Å². The summed E-state index contributed by atoms with van der Waals surface area (Å²) in [6, 6.07) is 0.